The molecular weight excluding hydrogens is 278 g/mol. The highest BCUT2D eigenvalue weighted by Crippen LogP contribution is 2.44. The SMILES string of the molecule is CNCc1nnc(-c2ccc(OC)c(OC)c2OC)s1. The zero-order valence-electron chi connectivity index (χ0n) is 11.9. The van der Waals surface area contributed by atoms with E-state index in [4.69, 9.17) is 14.2 Å². The summed E-state index contributed by atoms with van der Waals surface area (Å²) in [6, 6.07) is 3.72. The molecule has 1 N–H and O–H groups in total. The number of hydrogen-bond acceptors (Lipinski definition) is 7. The standard InChI is InChI=1S/C13H17N3O3S/c1-14-7-10-15-16-13(20-10)8-5-6-9(17-2)12(19-4)11(8)18-3/h5-6,14H,7H2,1-4H3. The maximum Gasteiger partial charge on any atom is 0.204 e. The second-order valence-corrected chi connectivity index (χ2v) is 4.98. The Morgan fingerprint density at radius 2 is 1.80 bits per heavy atom. The van der Waals surface area contributed by atoms with Gasteiger partial charge in [0.05, 0.1) is 26.9 Å². The maximum absolute atomic E-state index is 5.45. The summed E-state index contributed by atoms with van der Waals surface area (Å²) >= 11 is 1.51. The van der Waals surface area contributed by atoms with Crippen molar-refractivity contribution in [3.05, 3.63) is 17.1 Å². The minimum absolute atomic E-state index is 0.554. The molecule has 0 aliphatic carbocycles. The molecule has 0 saturated heterocycles. The summed E-state index contributed by atoms with van der Waals surface area (Å²) in [6.45, 7) is 0.688. The molecule has 0 bridgehead atoms. The molecule has 0 amide bonds. The van der Waals surface area contributed by atoms with E-state index in [9.17, 15) is 0 Å². The smallest absolute Gasteiger partial charge is 0.204 e. The van der Waals surface area contributed by atoms with Crippen LogP contribution in [0.2, 0.25) is 0 Å². The summed E-state index contributed by atoms with van der Waals surface area (Å²) in [6.07, 6.45) is 0. The van der Waals surface area contributed by atoms with E-state index in [0.29, 0.717) is 23.8 Å². The topological polar surface area (TPSA) is 65.5 Å². The lowest BCUT2D eigenvalue weighted by molar-refractivity contribution is 0.325. The van der Waals surface area contributed by atoms with Crippen molar-refractivity contribution in [1.82, 2.24) is 15.5 Å². The van der Waals surface area contributed by atoms with Crippen LogP contribution in [0.25, 0.3) is 10.6 Å². The largest absolute Gasteiger partial charge is 0.493 e. The summed E-state index contributed by atoms with van der Waals surface area (Å²) in [4.78, 5) is 0. The number of aromatic nitrogens is 2. The Balaban J connectivity index is 2.49. The highest BCUT2D eigenvalue weighted by Gasteiger charge is 2.19. The van der Waals surface area contributed by atoms with E-state index in [0.717, 1.165) is 15.6 Å². The highest BCUT2D eigenvalue weighted by atomic mass is 32.1. The molecule has 108 valence electrons. The van der Waals surface area contributed by atoms with Gasteiger partial charge in [-0.15, -0.1) is 10.2 Å². The van der Waals surface area contributed by atoms with Crippen LogP contribution in [-0.2, 0) is 6.54 Å². The van der Waals surface area contributed by atoms with Gasteiger partial charge in [-0.1, -0.05) is 11.3 Å². The van der Waals surface area contributed by atoms with E-state index in [-0.39, 0.29) is 0 Å². The Labute approximate surface area is 121 Å². The van der Waals surface area contributed by atoms with Gasteiger partial charge in [-0.2, -0.15) is 0 Å². The Morgan fingerprint density at radius 1 is 1.05 bits per heavy atom. The molecule has 0 unspecified atom stereocenters. The Morgan fingerprint density at radius 3 is 2.40 bits per heavy atom. The molecule has 0 atom stereocenters. The van der Waals surface area contributed by atoms with Crippen LogP contribution in [0.4, 0.5) is 0 Å². The van der Waals surface area contributed by atoms with Crippen LogP contribution in [-0.4, -0.2) is 38.6 Å². The molecule has 0 radical (unpaired) electrons. The summed E-state index contributed by atoms with van der Waals surface area (Å²) in [7, 11) is 6.64. The first-order valence-corrected chi connectivity index (χ1v) is 6.83. The second-order valence-electron chi connectivity index (χ2n) is 3.91. The summed E-state index contributed by atoms with van der Waals surface area (Å²) in [5.41, 5.74) is 0.838. The zero-order chi connectivity index (χ0) is 14.5. The zero-order valence-corrected chi connectivity index (χ0v) is 12.7. The number of nitrogens with zero attached hydrogens (tertiary/aromatic N) is 2. The lowest BCUT2D eigenvalue weighted by atomic mass is 10.2. The fourth-order valence-electron chi connectivity index (χ4n) is 1.85. The average molecular weight is 295 g/mol. The third-order valence-electron chi connectivity index (χ3n) is 2.73. The van der Waals surface area contributed by atoms with Crippen LogP contribution >= 0.6 is 11.3 Å². The fraction of sp³-hybridized carbons (Fsp3) is 0.385. The van der Waals surface area contributed by atoms with Crippen molar-refractivity contribution < 1.29 is 14.2 Å². The Hall–Kier alpha value is -1.86. The molecule has 1 aromatic carbocycles. The predicted octanol–water partition coefficient (Wildman–Crippen LogP) is 1.95. The molecule has 1 heterocycles. The monoisotopic (exact) mass is 295 g/mol. The molecule has 1 aromatic heterocycles. The molecule has 6 nitrogen and oxygen atoms in total. The van der Waals surface area contributed by atoms with Gasteiger partial charge in [-0.25, -0.2) is 0 Å². The van der Waals surface area contributed by atoms with Crippen molar-refractivity contribution in [2.75, 3.05) is 28.4 Å². The van der Waals surface area contributed by atoms with E-state index in [1.165, 1.54) is 11.3 Å². The van der Waals surface area contributed by atoms with Crippen molar-refractivity contribution in [1.29, 1.82) is 0 Å². The predicted molar refractivity (Wildman–Crippen MR) is 77.8 cm³/mol. The first-order valence-electron chi connectivity index (χ1n) is 6.01. The van der Waals surface area contributed by atoms with Crippen LogP contribution in [0.1, 0.15) is 5.01 Å². The lowest BCUT2D eigenvalue weighted by Gasteiger charge is -2.14. The fourth-order valence-corrected chi connectivity index (χ4v) is 2.73. The number of nitrogens with one attached hydrogen (secondary N) is 1. The van der Waals surface area contributed by atoms with Crippen molar-refractivity contribution in [3.8, 4) is 27.8 Å². The van der Waals surface area contributed by atoms with Crippen LogP contribution < -0.4 is 19.5 Å². The number of hydrogen-bond donors (Lipinski definition) is 1. The van der Waals surface area contributed by atoms with Gasteiger partial charge in [0.15, 0.2) is 16.5 Å². The first-order chi connectivity index (χ1) is 9.74. The molecule has 0 fully saturated rings. The normalized spacial score (nSPS) is 10.4. The highest BCUT2D eigenvalue weighted by molar-refractivity contribution is 7.14. The van der Waals surface area contributed by atoms with Gasteiger partial charge in [0, 0.05) is 6.54 Å². The van der Waals surface area contributed by atoms with E-state index < -0.39 is 0 Å². The number of benzene rings is 1. The summed E-state index contributed by atoms with van der Waals surface area (Å²) < 4.78 is 16.1. The van der Waals surface area contributed by atoms with E-state index in [1.807, 2.05) is 19.2 Å². The number of methoxy groups -OCH3 is 3. The van der Waals surface area contributed by atoms with Gasteiger partial charge in [-0.3, -0.25) is 0 Å². The van der Waals surface area contributed by atoms with Crippen LogP contribution in [0.15, 0.2) is 12.1 Å². The summed E-state index contributed by atoms with van der Waals surface area (Å²) in [5.74, 6) is 1.77. The van der Waals surface area contributed by atoms with Gasteiger partial charge in [0.25, 0.3) is 0 Å². The molecule has 2 rings (SSSR count). The summed E-state index contributed by atoms with van der Waals surface area (Å²) in [5, 5.41) is 13.1. The minimum atomic E-state index is 0.554. The molecule has 20 heavy (non-hydrogen) atoms. The molecule has 0 aliphatic heterocycles. The van der Waals surface area contributed by atoms with Crippen LogP contribution in [0.5, 0.6) is 17.2 Å². The molecule has 7 heteroatoms. The van der Waals surface area contributed by atoms with Crippen LogP contribution in [0, 0.1) is 0 Å². The third-order valence-corrected chi connectivity index (χ3v) is 3.69. The molecule has 2 aromatic rings. The van der Waals surface area contributed by atoms with Gasteiger partial charge in [0.1, 0.15) is 5.01 Å². The van der Waals surface area contributed by atoms with E-state index >= 15 is 0 Å². The van der Waals surface area contributed by atoms with Crippen molar-refractivity contribution in [3.63, 3.8) is 0 Å². The lowest BCUT2D eigenvalue weighted by Crippen LogP contribution is -2.04. The Bertz CT molecular complexity index is 586. The van der Waals surface area contributed by atoms with Gasteiger partial charge >= 0.3 is 0 Å². The van der Waals surface area contributed by atoms with Gasteiger partial charge < -0.3 is 19.5 Å². The molecule has 0 spiro atoms. The maximum atomic E-state index is 5.45. The molecule has 0 aliphatic rings. The van der Waals surface area contributed by atoms with Gasteiger partial charge in [-0.05, 0) is 19.2 Å². The number of ether oxygens (including phenoxy) is 3. The third kappa shape index (κ3) is 2.68. The first kappa shape index (κ1) is 14.5. The van der Waals surface area contributed by atoms with Crippen molar-refractivity contribution in [2.45, 2.75) is 6.54 Å². The van der Waals surface area contributed by atoms with Crippen molar-refractivity contribution >= 4 is 11.3 Å². The quantitative estimate of drug-likeness (QED) is 0.878. The van der Waals surface area contributed by atoms with Gasteiger partial charge in [0.2, 0.25) is 5.75 Å². The van der Waals surface area contributed by atoms with E-state index in [1.54, 1.807) is 21.3 Å². The molecule has 0 saturated carbocycles. The molecular formula is C13H17N3O3S. The number of rotatable bonds is 6. The van der Waals surface area contributed by atoms with E-state index in [2.05, 4.69) is 15.5 Å². The minimum Gasteiger partial charge on any atom is -0.493 e. The second kappa shape index (κ2) is 6.53. The Kier molecular flexibility index (Phi) is 4.75. The average Bonchev–Trinajstić information content (AvgIpc) is 2.94. The van der Waals surface area contributed by atoms with Crippen LogP contribution in [0.3, 0.4) is 0 Å². The van der Waals surface area contributed by atoms with Crippen molar-refractivity contribution in [2.24, 2.45) is 0 Å².